The minimum Gasteiger partial charge on any atom is -0.303 e. The first-order valence-electron chi connectivity index (χ1n) is 4.70. The van der Waals surface area contributed by atoms with Crippen LogP contribution < -0.4 is 0 Å². The highest BCUT2D eigenvalue weighted by Gasteiger charge is 1.90. The molecular weight excluding hydrogens is 152 g/mol. The van der Waals surface area contributed by atoms with E-state index in [4.69, 9.17) is 0 Å². The van der Waals surface area contributed by atoms with Crippen molar-refractivity contribution >= 4 is 12.6 Å². The minimum absolute atomic E-state index is 0.578. The Hall–Kier alpha value is -0.660. The van der Waals surface area contributed by atoms with E-state index in [9.17, 15) is 9.59 Å². The topological polar surface area (TPSA) is 34.1 Å². The summed E-state index contributed by atoms with van der Waals surface area (Å²) in [7, 11) is 0. The smallest absolute Gasteiger partial charge is 0.198 e. The Morgan fingerprint density at radius 2 is 1.50 bits per heavy atom. The highest BCUT2D eigenvalue weighted by molar-refractivity contribution is 5.50. The molecule has 0 amide bonds. The molecule has 69 valence electrons. The van der Waals surface area contributed by atoms with Crippen molar-refractivity contribution in [3.63, 3.8) is 0 Å². The molecule has 0 aromatic carbocycles. The van der Waals surface area contributed by atoms with Crippen LogP contribution in [0, 0.1) is 0 Å². The van der Waals surface area contributed by atoms with E-state index in [1.54, 1.807) is 0 Å². The van der Waals surface area contributed by atoms with Gasteiger partial charge in [0.15, 0.2) is 6.29 Å². The van der Waals surface area contributed by atoms with Crippen molar-refractivity contribution in [1.29, 1.82) is 0 Å². The number of unbranched alkanes of at least 4 members (excludes halogenated alkanes) is 7. The fourth-order valence-corrected chi connectivity index (χ4v) is 1.13. The van der Waals surface area contributed by atoms with Crippen LogP contribution in [0.3, 0.4) is 0 Å². The van der Waals surface area contributed by atoms with Crippen molar-refractivity contribution in [2.75, 3.05) is 0 Å². The van der Waals surface area contributed by atoms with Crippen LogP contribution in [-0.2, 0) is 9.59 Å². The monoisotopic (exact) mass is 169 g/mol. The lowest BCUT2D eigenvalue weighted by Gasteiger charge is -1.97. The van der Waals surface area contributed by atoms with E-state index in [2.05, 4.69) is 0 Å². The fourth-order valence-electron chi connectivity index (χ4n) is 1.13. The number of hydrogen-bond donors (Lipinski definition) is 0. The molecule has 0 saturated heterocycles. The van der Waals surface area contributed by atoms with Crippen LogP contribution in [-0.4, -0.2) is 12.6 Å². The maximum atomic E-state index is 9.94. The normalized spacial score (nSPS) is 9.67. The maximum absolute atomic E-state index is 9.94. The van der Waals surface area contributed by atoms with E-state index < -0.39 is 0 Å². The van der Waals surface area contributed by atoms with Crippen LogP contribution >= 0.6 is 0 Å². The van der Waals surface area contributed by atoms with Gasteiger partial charge in [-0.2, -0.15) is 0 Å². The van der Waals surface area contributed by atoms with Gasteiger partial charge >= 0.3 is 0 Å². The van der Waals surface area contributed by atoms with Crippen molar-refractivity contribution in [1.82, 2.24) is 0 Å². The van der Waals surface area contributed by atoms with Crippen LogP contribution in [0.2, 0.25) is 0 Å². The minimum atomic E-state index is 0.578. The number of carbonyl (C=O) groups is 1. The first kappa shape index (κ1) is 11.3. The number of hydrogen-bond acceptors (Lipinski definition) is 2. The number of aldehydes is 1. The Kier molecular flexibility index (Phi) is 9.77. The summed E-state index contributed by atoms with van der Waals surface area (Å²) in [6.45, 7) is 0. The van der Waals surface area contributed by atoms with Crippen LogP contribution in [0.1, 0.15) is 51.4 Å². The Labute approximate surface area is 74.3 Å². The number of carbonyl (C=O) groups excluding carboxylic acids is 2. The highest BCUT2D eigenvalue weighted by Crippen LogP contribution is 2.06. The summed E-state index contributed by atoms with van der Waals surface area (Å²) in [4.78, 5) is 19.8. The molecule has 0 fully saturated rings. The molecule has 0 bridgehead atoms. The van der Waals surface area contributed by atoms with E-state index in [1.807, 2.05) is 6.29 Å². The first-order chi connectivity index (χ1) is 5.91. The Bertz CT molecular complexity index is 96.4. The van der Waals surface area contributed by atoms with Gasteiger partial charge in [-0.15, -0.1) is 0 Å². The van der Waals surface area contributed by atoms with Gasteiger partial charge in [-0.1, -0.05) is 25.7 Å². The van der Waals surface area contributed by atoms with Crippen LogP contribution in [0.25, 0.3) is 0 Å². The van der Waals surface area contributed by atoms with E-state index >= 15 is 0 Å². The lowest BCUT2D eigenvalue weighted by Crippen LogP contribution is -1.81. The van der Waals surface area contributed by atoms with Gasteiger partial charge in [-0.05, 0) is 12.8 Å². The molecule has 2 heteroatoms. The summed E-state index contributed by atoms with van der Waals surface area (Å²) >= 11 is 0. The maximum Gasteiger partial charge on any atom is 0.198 e. The van der Waals surface area contributed by atoms with E-state index in [-0.39, 0.29) is 0 Å². The first-order valence-corrected chi connectivity index (χ1v) is 4.70. The zero-order valence-corrected chi connectivity index (χ0v) is 7.55. The van der Waals surface area contributed by atoms with Crippen LogP contribution in [0.5, 0.6) is 0 Å². The third kappa shape index (κ3) is 9.34. The molecule has 0 saturated carbocycles. The van der Waals surface area contributed by atoms with Gasteiger partial charge in [0.05, 0.1) is 0 Å². The summed E-state index contributed by atoms with van der Waals surface area (Å²) < 4.78 is 0. The molecule has 0 N–H and O–H groups in total. The molecule has 0 rings (SSSR count). The third-order valence-electron chi connectivity index (χ3n) is 1.85. The van der Waals surface area contributed by atoms with Crippen molar-refractivity contribution < 1.29 is 9.59 Å². The molecule has 0 aromatic rings. The third-order valence-corrected chi connectivity index (χ3v) is 1.85. The molecule has 0 aliphatic heterocycles. The largest absolute Gasteiger partial charge is 0.303 e. The zero-order chi connectivity index (χ0) is 9.07. The van der Waals surface area contributed by atoms with Crippen molar-refractivity contribution in [2.45, 2.75) is 51.4 Å². The lowest BCUT2D eigenvalue weighted by atomic mass is 10.1. The summed E-state index contributed by atoms with van der Waals surface area (Å²) in [5, 5.41) is 0. The second-order valence-electron chi connectivity index (χ2n) is 2.97. The summed E-state index contributed by atoms with van der Waals surface area (Å²) in [5.74, 6) is 0. The Morgan fingerprint density at radius 3 is 2.08 bits per heavy atom. The van der Waals surface area contributed by atoms with Crippen LogP contribution in [0.15, 0.2) is 0 Å². The van der Waals surface area contributed by atoms with Crippen molar-refractivity contribution in [3.8, 4) is 0 Å². The zero-order valence-electron chi connectivity index (χ0n) is 7.55. The van der Waals surface area contributed by atoms with Gasteiger partial charge < -0.3 is 4.79 Å². The van der Waals surface area contributed by atoms with Gasteiger partial charge in [0, 0.05) is 12.8 Å². The average molecular weight is 169 g/mol. The molecule has 0 unspecified atom stereocenters. The summed E-state index contributed by atoms with van der Waals surface area (Å²) in [6, 6.07) is 0. The quantitative estimate of drug-likeness (QED) is 0.392. The predicted octanol–water partition coefficient (Wildman–Crippen LogP) is 2.42. The Morgan fingerprint density at radius 1 is 0.917 bits per heavy atom. The second-order valence-corrected chi connectivity index (χ2v) is 2.97. The molecule has 0 heterocycles. The van der Waals surface area contributed by atoms with Crippen molar-refractivity contribution in [3.05, 3.63) is 0 Å². The van der Waals surface area contributed by atoms with E-state index in [0.29, 0.717) is 12.8 Å². The SMILES string of the molecule is O=[C]CCCCCCCCC=O. The predicted molar refractivity (Wildman–Crippen MR) is 48.7 cm³/mol. The molecular formula is C10H17O2. The molecule has 0 aromatic heterocycles. The standard InChI is InChI=1S/C10H17O2/c11-9-7-5-3-1-2-4-6-8-10-12/h9H,1-8H2. The summed E-state index contributed by atoms with van der Waals surface area (Å²) in [5.41, 5.74) is 0. The molecule has 0 spiro atoms. The lowest BCUT2D eigenvalue weighted by molar-refractivity contribution is -0.107. The molecule has 12 heavy (non-hydrogen) atoms. The van der Waals surface area contributed by atoms with E-state index in [1.165, 1.54) is 12.8 Å². The molecule has 0 atom stereocenters. The molecule has 0 aliphatic rings. The van der Waals surface area contributed by atoms with Gasteiger partial charge in [-0.3, -0.25) is 4.79 Å². The summed E-state index contributed by atoms with van der Waals surface area (Å²) in [6.07, 6.45) is 10.7. The van der Waals surface area contributed by atoms with E-state index in [0.717, 1.165) is 32.0 Å². The number of rotatable bonds is 9. The Balaban J connectivity index is 2.81. The van der Waals surface area contributed by atoms with Crippen molar-refractivity contribution in [2.24, 2.45) is 0 Å². The molecule has 0 aliphatic carbocycles. The molecule has 2 nitrogen and oxygen atoms in total. The van der Waals surface area contributed by atoms with Gasteiger partial charge in [0.2, 0.25) is 0 Å². The second kappa shape index (κ2) is 10.3. The van der Waals surface area contributed by atoms with Crippen LogP contribution in [0.4, 0.5) is 0 Å². The van der Waals surface area contributed by atoms with Gasteiger partial charge in [-0.25, -0.2) is 0 Å². The average Bonchev–Trinajstić information content (AvgIpc) is 2.10. The van der Waals surface area contributed by atoms with Gasteiger partial charge in [0.1, 0.15) is 6.29 Å². The highest BCUT2D eigenvalue weighted by atomic mass is 16.1. The fraction of sp³-hybridized carbons (Fsp3) is 0.800. The molecule has 1 radical (unpaired) electrons. The van der Waals surface area contributed by atoms with Gasteiger partial charge in [0.25, 0.3) is 0 Å².